The van der Waals surface area contributed by atoms with Gasteiger partial charge in [0.15, 0.2) is 5.69 Å². The van der Waals surface area contributed by atoms with Gasteiger partial charge >= 0.3 is 0 Å². The molecule has 13 heteroatoms. The number of carbonyl (C=O) groups is 1. The molecule has 2 heterocycles. The Kier molecular flexibility index (Phi) is 7.55. The lowest BCUT2D eigenvalue weighted by atomic mass is 9.98. The summed E-state index contributed by atoms with van der Waals surface area (Å²) in [5.41, 5.74) is 0.190. The summed E-state index contributed by atoms with van der Waals surface area (Å²) in [5, 5.41) is 30.4. The number of aromatic hydroxyl groups is 1. The van der Waals surface area contributed by atoms with Gasteiger partial charge in [0.25, 0.3) is 5.69 Å². The minimum absolute atomic E-state index is 0.0276. The number of fused-ring (bicyclic) bond motifs is 1. The normalized spacial score (nSPS) is 16.9. The lowest BCUT2D eigenvalue weighted by Crippen LogP contribution is -2.46. The summed E-state index contributed by atoms with van der Waals surface area (Å²) in [6.45, 7) is 4.92. The number of aromatic amines is 1. The molecule has 0 aliphatic carbocycles. The van der Waals surface area contributed by atoms with Crippen molar-refractivity contribution in [1.82, 2.24) is 14.2 Å². The van der Waals surface area contributed by atoms with E-state index >= 15 is 0 Å². The monoisotopic (exact) mass is 528 g/mol. The Morgan fingerprint density at radius 3 is 2.65 bits per heavy atom. The Morgan fingerprint density at radius 1 is 1.22 bits per heavy atom. The number of non-ortho nitro benzene ring substituents is 1. The van der Waals surface area contributed by atoms with Gasteiger partial charge in [0.05, 0.1) is 16.4 Å². The molecule has 4 rings (SSSR count). The average Bonchev–Trinajstić information content (AvgIpc) is 3.22. The molecule has 0 bridgehead atoms. The van der Waals surface area contributed by atoms with Crippen molar-refractivity contribution in [2.45, 2.75) is 31.6 Å². The van der Waals surface area contributed by atoms with Crippen molar-refractivity contribution in [2.24, 2.45) is 16.1 Å². The van der Waals surface area contributed by atoms with Gasteiger partial charge in [-0.1, -0.05) is 18.2 Å². The Hall–Kier alpha value is -3.84. The molecule has 2 aromatic carbocycles. The van der Waals surface area contributed by atoms with E-state index in [4.69, 9.17) is 0 Å². The molecule has 1 aromatic heterocycles. The topological polar surface area (TPSA) is 162 Å². The molecule has 0 saturated carbocycles. The zero-order valence-corrected chi connectivity index (χ0v) is 21.3. The van der Waals surface area contributed by atoms with Crippen LogP contribution < -0.4 is 0 Å². The third kappa shape index (κ3) is 5.18. The molecule has 12 nitrogen and oxygen atoms in total. The summed E-state index contributed by atoms with van der Waals surface area (Å²) in [6, 6.07) is 10.3. The zero-order valence-electron chi connectivity index (χ0n) is 20.5. The van der Waals surface area contributed by atoms with Crippen molar-refractivity contribution in [2.75, 3.05) is 26.2 Å². The summed E-state index contributed by atoms with van der Waals surface area (Å²) in [7, 11) is -4.26. The number of hydrogen-bond acceptors (Lipinski definition) is 8. The van der Waals surface area contributed by atoms with Crippen LogP contribution >= 0.6 is 0 Å². The summed E-state index contributed by atoms with van der Waals surface area (Å²) >= 11 is 0. The molecule has 0 unspecified atom stereocenters. The summed E-state index contributed by atoms with van der Waals surface area (Å²) in [6.07, 6.45) is 1.04. The first kappa shape index (κ1) is 26.2. The number of nitro groups is 1. The van der Waals surface area contributed by atoms with Crippen LogP contribution in [-0.2, 0) is 14.8 Å². The Balaban J connectivity index is 1.72. The van der Waals surface area contributed by atoms with Crippen molar-refractivity contribution < 1.29 is 23.2 Å². The number of azo groups is 1. The number of sulfonamides is 1. The van der Waals surface area contributed by atoms with Gasteiger partial charge in [-0.25, -0.2) is 8.42 Å². The van der Waals surface area contributed by atoms with Crippen LogP contribution in [-0.4, -0.2) is 64.7 Å². The number of rotatable bonds is 8. The number of nitrogens with one attached hydrogen (secondary N) is 1. The summed E-state index contributed by atoms with van der Waals surface area (Å²) < 4.78 is 28.6. The van der Waals surface area contributed by atoms with Crippen molar-refractivity contribution in [1.29, 1.82) is 0 Å². The van der Waals surface area contributed by atoms with Crippen LogP contribution in [0.3, 0.4) is 0 Å². The van der Waals surface area contributed by atoms with Crippen LogP contribution in [0.2, 0.25) is 0 Å². The van der Waals surface area contributed by atoms with Gasteiger partial charge in [0, 0.05) is 43.7 Å². The van der Waals surface area contributed by atoms with Gasteiger partial charge in [-0.2, -0.15) is 4.31 Å². The Morgan fingerprint density at radius 2 is 1.95 bits per heavy atom. The van der Waals surface area contributed by atoms with E-state index in [0.29, 0.717) is 36.8 Å². The predicted octanol–water partition coefficient (Wildman–Crippen LogP) is 4.47. The van der Waals surface area contributed by atoms with Crippen LogP contribution in [0.5, 0.6) is 5.88 Å². The molecule has 1 aliphatic rings. The fourth-order valence-corrected chi connectivity index (χ4v) is 6.19. The first-order chi connectivity index (χ1) is 17.7. The van der Waals surface area contributed by atoms with Gasteiger partial charge in [0.1, 0.15) is 10.6 Å². The number of aromatic nitrogens is 1. The van der Waals surface area contributed by atoms with E-state index in [-0.39, 0.29) is 41.1 Å². The van der Waals surface area contributed by atoms with Crippen molar-refractivity contribution >= 4 is 43.9 Å². The second kappa shape index (κ2) is 10.6. The van der Waals surface area contributed by atoms with Crippen molar-refractivity contribution in [3.63, 3.8) is 0 Å². The molecule has 1 amide bonds. The molecular weight excluding hydrogens is 500 g/mol. The second-order valence-electron chi connectivity index (χ2n) is 8.69. The van der Waals surface area contributed by atoms with Crippen molar-refractivity contribution in [3.05, 3.63) is 52.6 Å². The number of benzene rings is 2. The van der Waals surface area contributed by atoms with Crippen LogP contribution in [0.4, 0.5) is 17.1 Å². The average molecular weight is 529 g/mol. The number of carbonyl (C=O) groups excluding carboxylic acids is 1. The Labute approximate surface area is 213 Å². The molecule has 37 heavy (non-hydrogen) atoms. The highest BCUT2D eigenvalue weighted by Gasteiger charge is 2.36. The van der Waals surface area contributed by atoms with Gasteiger partial charge in [0.2, 0.25) is 21.8 Å². The van der Waals surface area contributed by atoms with Crippen LogP contribution in [0.1, 0.15) is 26.7 Å². The largest absolute Gasteiger partial charge is 0.493 e. The number of nitrogens with zero attached hydrogens (tertiary/aromatic N) is 5. The molecule has 1 fully saturated rings. The maximum atomic E-state index is 13.7. The first-order valence-electron chi connectivity index (χ1n) is 12.0. The molecule has 2 N–H and O–H groups in total. The fraction of sp³-hybridized carbons (Fsp3) is 0.375. The molecule has 1 aliphatic heterocycles. The van der Waals surface area contributed by atoms with Crippen LogP contribution in [0.25, 0.3) is 10.9 Å². The van der Waals surface area contributed by atoms with Gasteiger partial charge in [-0.3, -0.25) is 14.9 Å². The maximum Gasteiger partial charge on any atom is 0.270 e. The lowest BCUT2D eigenvalue weighted by molar-refractivity contribution is -0.385. The Bertz CT molecular complexity index is 1460. The van der Waals surface area contributed by atoms with E-state index in [1.54, 1.807) is 29.2 Å². The molecular formula is C24H28N6O6S. The first-order valence-corrected chi connectivity index (χ1v) is 13.4. The SMILES string of the molecule is CCN(CC)C(=O)[C@H]1CCCN(S(=O)(=O)c2cc([N+](=O)[O-])ccc2N=Nc2c(O)[nH]c3ccccc23)C1. The third-order valence-electron chi connectivity index (χ3n) is 6.50. The number of para-hydroxylation sites is 1. The number of H-pyrrole nitrogens is 1. The van der Waals surface area contributed by atoms with Crippen molar-refractivity contribution in [3.8, 4) is 5.88 Å². The molecule has 1 saturated heterocycles. The van der Waals surface area contributed by atoms with E-state index in [1.165, 1.54) is 10.4 Å². The molecule has 1 atom stereocenters. The number of nitro benzene ring substituents is 1. The smallest absolute Gasteiger partial charge is 0.270 e. The van der Waals surface area contributed by atoms with Gasteiger partial charge < -0.3 is 15.0 Å². The minimum Gasteiger partial charge on any atom is -0.493 e. The molecule has 0 radical (unpaired) electrons. The minimum atomic E-state index is -4.26. The quantitative estimate of drug-likeness (QED) is 0.249. The summed E-state index contributed by atoms with van der Waals surface area (Å²) in [5.74, 6) is -0.862. The van der Waals surface area contributed by atoms with E-state index in [9.17, 15) is 28.4 Å². The van der Waals surface area contributed by atoms with E-state index in [2.05, 4.69) is 15.2 Å². The van der Waals surface area contributed by atoms with E-state index < -0.39 is 26.6 Å². The fourth-order valence-electron chi connectivity index (χ4n) is 4.52. The predicted molar refractivity (Wildman–Crippen MR) is 137 cm³/mol. The third-order valence-corrected chi connectivity index (χ3v) is 8.39. The van der Waals surface area contributed by atoms with Crippen LogP contribution in [0.15, 0.2) is 57.6 Å². The number of hydrogen-bond donors (Lipinski definition) is 2. The zero-order chi connectivity index (χ0) is 26.7. The molecule has 0 spiro atoms. The van der Waals surface area contributed by atoms with Crippen LogP contribution in [0, 0.1) is 16.0 Å². The second-order valence-corrected chi connectivity index (χ2v) is 10.6. The van der Waals surface area contributed by atoms with E-state index in [1.807, 2.05) is 13.8 Å². The van der Waals surface area contributed by atoms with Gasteiger partial charge in [-0.15, -0.1) is 10.2 Å². The lowest BCUT2D eigenvalue weighted by Gasteiger charge is -2.33. The highest BCUT2D eigenvalue weighted by molar-refractivity contribution is 7.89. The number of amides is 1. The highest BCUT2D eigenvalue weighted by Crippen LogP contribution is 2.38. The van der Waals surface area contributed by atoms with E-state index in [0.717, 1.165) is 12.1 Å². The highest BCUT2D eigenvalue weighted by atomic mass is 32.2. The summed E-state index contributed by atoms with van der Waals surface area (Å²) in [4.78, 5) is 27.7. The number of piperidine rings is 1. The molecule has 3 aromatic rings. The molecule has 196 valence electrons. The maximum absolute atomic E-state index is 13.7. The standard InChI is InChI=1S/C24H28N6O6S/c1-3-28(4-2)24(32)16-8-7-13-29(15-16)37(35,36)21-14-17(30(33)34)11-12-20(21)26-27-22-18-9-5-6-10-19(18)25-23(22)31/h5-6,9-12,14,16,25,31H,3-4,7-8,13,15H2,1-2H3/t16-/m0/s1. The van der Waals surface area contributed by atoms with Gasteiger partial charge in [-0.05, 0) is 38.8 Å².